The number of carboxylic acids is 1. The molecule has 0 saturated carbocycles. The lowest BCUT2D eigenvalue weighted by Gasteiger charge is -2.17. The average Bonchev–Trinajstić information content (AvgIpc) is 2.37. The van der Waals surface area contributed by atoms with E-state index in [9.17, 15) is 14.4 Å². The van der Waals surface area contributed by atoms with Gasteiger partial charge in [-0.1, -0.05) is 11.6 Å². The van der Waals surface area contributed by atoms with Crippen molar-refractivity contribution in [2.75, 3.05) is 25.5 Å². The number of likely N-dealkylation sites (N-methyl/N-ethyl adjacent to an activating group) is 2. The highest BCUT2D eigenvalue weighted by Crippen LogP contribution is 2.19. The third-order valence-electron chi connectivity index (χ3n) is 2.50. The fourth-order valence-corrected chi connectivity index (χ4v) is 1.78. The van der Waals surface area contributed by atoms with E-state index in [0.29, 0.717) is 6.54 Å². The van der Waals surface area contributed by atoms with Crippen LogP contribution < -0.4 is 10.6 Å². The lowest BCUT2D eigenvalue weighted by atomic mass is 10.2. The average molecular weight is 314 g/mol. The van der Waals surface area contributed by atoms with Gasteiger partial charge in [0.25, 0.3) is 0 Å². The summed E-state index contributed by atoms with van der Waals surface area (Å²) in [7, 11) is 1.45. The number of hydrogen-bond acceptors (Lipinski definition) is 3. The topological polar surface area (TPSA) is 98.7 Å². The van der Waals surface area contributed by atoms with Gasteiger partial charge in [-0.25, -0.2) is 9.59 Å². The van der Waals surface area contributed by atoms with Crippen molar-refractivity contribution in [3.63, 3.8) is 0 Å². The largest absolute Gasteiger partial charge is 0.478 e. The molecule has 1 aromatic carbocycles. The Labute approximate surface area is 126 Å². The number of nitrogens with zero attached hydrogens (tertiary/aromatic N) is 1. The Morgan fingerprint density at radius 1 is 1.29 bits per heavy atom. The van der Waals surface area contributed by atoms with Crippen LogP contribution in [0, 0.1) is 0 Å². The van der Waals surface area contributed by atoms with Gasteiger partial charge in [-0.2, -0.15) is 0 Å². The summed E-state index contributed by atoms with van der Waals surface area (Å²) in [6.07, 6.45) is 0. The molecule has 8 heteroatoms. The van der Waals surface area contributed by atoms with Crippen LogP contribution in [0.1, 0.15) is 17.3 Å². The molecule has 0 aliphatic heterocycles. The van der Waals surface area contributed by atoms with Crippen molar-refractivity contribution in [2.24, 2.45) is 0 Å². The minimum absolute atomic E-state index is 0.0378. The van der Waals surface area contributed by atoms with Gasteiger partial charge in [-0.15, -0.1) is 0 Å². The summed E-state index contributed by atoms with van der Waals surface area (Å²) >= 11 is 5.79. The molecule has 0 bridgehead atoms. The molecule has 0 heterocycles. The zero-order valence-corrected chi connectivity index (χ0v) is 12.4. The molecule has 0 saturated heterocycles. The summed E-state index contributed by atoms with van der Waals surface area (Å²) in [6.45, 7) is 2.15. The number of halogens is 1. The van der Waals surface area contributed by atoms with Gasteiger partial charge in [0.05, 0.1) is 5.56 Å². The number of carbonyl (C=O) groups is 3. The van der Waals surface area contributed by atoms with Crippen molar-refractivity contribution in [2.45, 2.75) is 6.92 Å². The van der Waals surface area contributed by atoms with Gasteiger partial charge in [0.1, 0.15) is 6.54 Å². The van der Waals surface area contributed by atoms with E-state index in [4.69, 9.17) is 16.7 Å². The first-order chi connectivity index (χ1) is 9.83. The molecule has 0 spiro atoms. The van der Waals surface area contributed by atoms with Crippen LogP contribution in [0.15, 0.2) is 18.2 Å². The zero-order chi connectivity index (χ0) is 16.0. The van der Waals surface area contributed by atoms with Crippen LogP contribution >= 0.6 is 11.6 Å². The van der Waals surface area contributed by atoms with Crippen LogP contribution in [0.5, 0.6) is 0 Å². The second-order valence-electron chi connectivity index (χ2n) is 4.27. The summed E-state index contributed by atoms with van der Waals surface area (Å²) in [4.78, 5) is 35.3. The fourth-order valence-electron chi connectivity index (χ4n) is 1.54. The van der Waals surface area contributed by atoms with E-state index in [2.05, 4.69) is 10.6 Å². The van der Waals surface area contributed by atoms with Crippen LogP contribution in [0.2, 0.25) is 5.02 Å². The smallest absolute Gasteiger partial charge is 0.335 e. The molecule has 7 nitrogen and oxygen atoms in total. The third-order valence-corrected chi connectivity index (χ3v) is 2.72. The number of hydrogen-bond donors (Lipinski definition) is 3. The third kappa shape index (κ3) is 5.31. The van der Waals surface area contributed by atoms with Crippen molar-refractivity contribution < 1.29 is 19.5 Å². The summed E-state index contributed by atoms with van der Waals surface area (Å²) in [5.41, 5.74) is 0.205. The van der Waals surface area contributed by atoms with Crippen LogP contribution in [0.3, 0.4) is 0 Å². The number of anilines is 1. The zero-order valence-electron chi connectivity index (χ0n) is 11.6. The van der Waals surface area contributed by atoms with Crippen molar-refractivity contribution in [1.29, 1.82) is 0 Å². The van der Waals surface area contributed by atoms with Gasteiger partial charge in [0, 0.05) is 24.3 Å². The monoisotopic (exact) mass is 313 g/mol. The summed E-state index contributed by atoms with van der Waals surface area (Å²) < 4.78 is 0. The van der Waals surface area contributed by atoms with E-state index in [1.165, 1.54) is 30.1 Å². The molecule has 0 radical (unpaired) electrons. The Hall–Kier alpha value is -2.28. The van der Waals surface area contributed by atoms with Crippen molar-refractivity contribution in [3.8, 4) is 0 Å². The molecular formula is C13H16ClN3O4. The highest BCUT2D eigenvalue weighted by Gasteiger charge is 2.14. The molecule has 1 aromatic rings. The highest BCUT2D eigenvalue weighted by molar-refractivity contribution is 6.31. The summed E-state index contributed by atoms with van der Waals surface area (Å²) in [6, 6.07) is 3.44. The molecule has 0 fully saturated rings. The summed E-state index contributed by atoms with van der Waals surface area (Å²) in [5.74, 6) is -1.43. The molecule has 0 aliphatic carbocycles. The maximum absolute atomic E-state index is 11.9. The standard InChI is InChI=1S/C13H16ClN3O4/c1-3-15-11(18)7-17(2)13(21)16-10-5-8(12(19)20)4-9(14)6-10/h4-6H,3,7H2,1-2H3,(H,15,18)(H,16,21)(H,19,20). The van der Waals surface area contributed by atoms with Crippen molar-refractivity contribution >= 4 is 35.2 Å². The number of urea groups is 1. The SMILES string of the molecule is CCNC(=O)CN(C)C(=O)Nc1cc(Cl)cc(C(=O)O)c1. The Kier molecular flexibility index (Phi) is 5.98. The minimum atomic E-state index is -1.15. The van der Waals surface area contributed by atoms with Crippen LogP contribution in [0.25, 0.3) is 0 Å². The molecular weight excluding hydrogens is 298 g/mol. The normalized spacial score (nSPS) is 9.86. The van der Waals surface area contributed by atoms with E-state index in [-0.39, 0.29) is 28.7 Å². The predicted octanol–water partition coefficient (Wildman–Crippen LogP) is 1.64. The molecule has 3 amide bonds. The lowest BCUT2D eigenvalue weighted by Crippen LogP contribution is -2.40. The molecule has 0 aliphatic rings. The Bertz CT molecular complexity index is 562. The first-order valence-electron chi connectivity index (χ1n) is 6.16. The summed E-state index contributed by atoms with van der Waals surface area (Å²) in [5, 5.41) is 14.2. The minimum Gasteiger partial charge on any atom is -0.478 e. The number of benzene rings is 1. The Morgan fingerprint density at radius 2 is 1.95 bits per heavy atom. The van der Waals surface area contributed by atoms with Crippen molar-refractivity contribution in [3.05, 3.63) is 28.8 Å². The maximum atomic E-state index is 11.9. The van der Waals surface area contributed by atoms with Crippen LogP contribution in [-0.2, 0) is 4.79 Å². The van der Waals surface area contributed by atoms with Gasteiger partial charge in [0.15, 0.2) is 0 Å². The number of carboxylic acid groups (broad SMARTS) is 1. The first-order valence-corrected chi connectivity index (χ1v) is 6.54. The predicted molar refractivity (Wildman–Crippen MR) is 78.7 cm³/mol. The van der Waals surface area contributed by atoms with Gasteiger partial charge >= 0.3 is 12.0 Å². The Balaban J connectivity index is 2.74. The lowest BCUT2D eigenvalue weighted by molar-refractivity contribution is -0.121. The van der Waals surface area contributed by atoms with E-state index >= 15 is 0 Å². The number of amides is 3. The van der Waals surface area contributed by atoms with E-state index in [1.54, 1.807) is 6.92 Å². The Morgan fingerprint density at radius 3 is 2.52 bits per heavy atom. The van der Waals surface area contributed by atoms with E-state index < -0.39 is 12.0 Å². The first kappa shape index (κ1) is 16.8. The molecule has 0 unspecified atom stereocenters. The van der Waals surface area contributed by atoms with Gasteiger partial charge in [-0.05, 0) is 25.1 Å². The number of carbonyl (C=O) groups excluding carboxylic acids is 2. The van der Waals surface area contributed by atoms with Gasteiger partial charge in [-0.3, -0.25) is 4.79 Å². The van der Waals surface area contributed by atoms with Gasteiger partial charge < -0.3 is 20.6 Å². The molecule has 21 heavy (non-hydrogen) atoms. The molecule has 3 N–H and O–H groups in total. The second kappa shape index (κ2) is 7.49. The van der Waals surface area contributed by atoms with Crippen LogP contribution in [-0.4, -0.2) is 48.1 Å². The fraction of sp³-hybridized carbons (Fsp3) is 0.308. The van der Waals surface area contributed by atoms with Gasteiger partial charge in [0.2, 0.25) is 5.91 Å². The molecule has 0 atom stereocenters. The molecule has 114 valence electrons. The maximum Gasteiger partial charge on any atom is 0.335 e. The number of nitrogens with one attached hydrogen (secondary N) is 2. The molecule has 1 rings (SSSR count). The van der Waals surface area contributed by atoms with E-state index in [1.807, 2.05) is 0 Å². The van der Waals surface area contributed by atoms with Crippen LogP contribution in [0.4, 0.5) is 10.5 Å². The van der Waals surface area contributed by atoms with E-state index in [0.717, 1.165) is 0 Å². The number of rotatable bonds is 5. The highest BCUT2D eigenvalue weighted by atomic mass is 35.5. The van der Waals surface area contributed by atoms with Crippen molar-refractivity contribution in [1.82, 2.24) is 10.2 Å². The number of aromatic carboxylic acids is 1. The molecule has 0 aromatic heterocycles. The quantitative estimate of drug-likeness (QED) is 0.769. The second-order valence-corrected chi connectivity index (χ2v) is 4.71.